The van der Waals surface area contributed by atoms with Gasteiger partial charge in [0.2, 0.25) is 0 Å². The lowest BCUT2D eigenvalue weighted by molar-refractivity contribution is 0.546. The highest BCUT2D eigenvalue weighted by Crippen LogP contribution is 2.22. The van der Waals surface area contributed by atoms with Crippen molar-refractivity contribution in [3.63, 3.8) is 0 Å². The second kappa shape index (κ2) is 5.42. The Labute approximate surface area is 126 Å². The molecule has 0 amide bonds. The molecule has 3 aromatic rings. The quantitative estimate of drug-likeness (QED) is 0.779. The van der Waals surface area contributed by atoms with Crippen molar-refractivity contribution in [3.8, 4) is 0 Å². The Morgan fingerprint density at radius 1 is 1.35 bits per heavy atom. The second-order valence-corrected chi connectivity index (χ2v) is 6.34. The van der Waals surface area contributed by atoms with Crippen LogP contribution in [0, 0.1) is 0 Å². The van der Waals surface area contributed by atoms with Gasteiger partial charge in [0.15, 0.2) is 5.65 Å². The minimum Gasteiger partial charge on any atom is -0.379 e. The second-order valence-electron chi connectivity index (χ2n) is 4.90. The van der Waals surface area contributed by atoms with E-state index in [0.29, 0.717) is 6.04 Å². The van der Waals surface area contributed by atoms with Crippen LogP contribution in [0.4, 0.5) is 5.69 Å². The van der Waals surface area contributed by atoms with Crippen LogP contribution >= 0.6 is 22.9 Å². The van der Waals surface area contributed by atoms with Gasteiger partial charge in [-0.2, -0.15) is 5.10 Å². The van der Waals surface area contributed by atoms with Gasteiger partial charge in [-0.1, -0.05) is 11.6 Å². The van der Waals surface area contributed by atoms with E-state index in [1.54, 1.807) is 11.3 Å². The summed E-state index contributed by atoms with van der Waals surface area (Å²) in [6.45, 7) is 4.95. The van der Waals surface area contributed by atoms with Crippen LogP contribution in [0.25, 0.3) is 11.0 Å². The van der Waals surface area contributed by atoms with E-state index in [1.165, 1.54) is 4.88 Å². The van der Waals surface area contributed by atoms with Crippen molar-refractivity contribution in [3.05, 3.63) is 39.8 Å². The molecule has 0 radical (unpaired) electrons. The van der Waals surface area contributed by atoms with E-state index in [4.69, 9.17) is 11.6 Å². The summed E-state index contributed by atoms with van der Waals surface area (Å²) in [5.41, 5.74) is 1.91. The molecule has 104 valence electrons. The van der Waals surface area contributed by atoms with Gasteiger partial charge in [-0.15, -0.1) is 11.3 Å². The maximum atomic E-state index is 5.91. The lowest BCUT2D eigenvalue weighted by Gasteiger charge is -2.07. The Kier molecular flexibility index (Phi) is 3.63. The summed E-state index contributed by atoms with van der Waals surface area (Å²) < 4.78 is 1.93. The van der Waals surface area contributed by atoms with Gasteiger partial charge in [0, 0.05) is 28.2 Å². The highest BCUT2D eigenvalue weighted by molar-refractivity contribution is 7.10. The fourth-order valence-corrected chi connectivity index (χ4v) is 3.06. The normalized spacial score (nSPS) is 11.4. The first-order valence-corrected chi connectivity index (χ1v) is 7.69. The molecule has 0 aliphatic carbocycles. The third-order valence-corrected chi connectivity index (χ3v) is 4.30. The molecule has 0 unspecified atom stereocenters. The first kappa shape index (κ1) is 13.4. The summed E-state index contributed by atoms with van der Waals surface area (Å²) in [5, 5.41) is 11.5. The molecular formula is C14H15ClN4S. The van der Waals surface area contributed by atoms with Crippen molar-refractivity contribution >= 4 is 39.7 Å². The molecule has 0 bridgehead atoms. The number of hydrogen-bond donors (Lipinski definition) is 1. The third-order valence-electron chi connectivity index (χ3n) is 3.01. The number of hydrogen-bond acceptors (Lipinski definition) is 4. The predicted molar refractivity (Wildman–Crippen MR) is 84.6 cm³/mol. The highest BCUT2D eigenvalue weighted by atomic mass is 35.5. The van der Waals surface area contributed by atoms with E-state index in [1.807, 2.05) is 28.5 Å². The van der Waals surface area contributed by atoms with Crippen molar-refractivity contribution in [1.29, 1.82) is 0 Å². The van der Waals surface area contributed by atoms with Gasteiger partial charge in [0.1, 0.15) is 0 Å². The van der Waals surface area contributed by atoms with E-state index in [2.05, 4.69) is 35.3 Å². The molecule has 3 rings (SSSR count). The van der Waals surface area contributed by atoms with E-state index in [0.717, 1.165) is 28.3 Å². The molecule has 1 N–H and O–H groups in total. The van der Waals surface area contributed by atoms with Gasteiger partial charge in [-0.3, -0.25) is 0 Å². The van der Waals surface area contributed by atoms with Gasteiger partial charge < -0.3 is 5.32 Å². The van der Waals surface area contributed by atoms with Crippen molar-refractivity contribution in [2.75, 3.05) is 5.32 Å². The monoisotopic (exact) mass is 306 g/mol. The Bertz CT molecular complexity index is 732. The van der Waals surface area contributed by atoms with Crippen molar-refractivity contribution in [2.45, 2.75) is 26.4 Å². The Balaban J connectivity index is 1.79. The molecule has 0 aliphatic rings. The molecular weight excluding hydrogens is 292 g/mol. The molecule has 6 heteroatoms. The van der Waals surface area contributed by atoms with E-state index in [-0.39, 0.29) is 0 Å². The average Bonchev–Trinajstić information content (AvgIpc) is 3.01. The maximum absolute atomic E-state index is 5.91. The SMILES string of the molecule is CC(C)n1ncc2cc(NCc3cc(Cl)cs3)cnc21. The summed E-state index contributed by atoms with van der Waals surface area (Å²) in [5.74, 6) is 0. The maximum Gasteiger partial charge on any atom is 0.158 e. The van der Waals surface area contributed by atoms with Gasteiger partial charge in [0.05, 0.1) is 23.1 Å². The molecule has 0 spiro atoms. The number of fused-ring (bicyclic) bond motifs is 1. The zero-order valence-corrected chi connectivity index (χ0v) is 12.9. The number of aromatic nitrogens is 3. The molecule has 20 heavy (non-hydrogen) atoms. The first-order chi connectivity index (χ1) is 9.63. The smallest absolute Gasteiger partial charge is 0.158 e. The minimum absolute atomic E-state index is 0.312. The molecule has 0 aliphatic heterocycles. The van der Waals surface area contributed by atoms with Crippen LogP contribution < -0.4 is 5.32 Å². The summed E-state index contributed by atoms with van der Waals surface area (Å²) in [7, 11) is 0. The zero-order chi connectivity index (χ0) is 14.1. The van der Waals surface area contributed by atoms with Gasteiger partial charge in [-0.25, -0.2) is 9.67 Å². The van der Waals surface area contributed by atoms with E-state index < -0.39 is 0 Å². The van der Waals surface area contributed by atoms with Crippen LogP contribution in [0.5, 0.6) is 0 Å². The Hall–Kier alpha value is -1.59. The lowest BCUT2D eigenvalue weighted by atomic mass is 10.3. The summed E-state index contributed by atoms with van der Waals surface area (Å²) in [4.78, 5) is 5.70. The molecule has 0 atom stereocenters. The molecule has 0 saturated carbocycles. The Morgan fingerprint density at radius 2 is 2.20 bits per heavy atom. The topological polar surface area (TPSA) is 42.7 Å². The lowest BCUT2D eigenvalue weighted by Crippen LogP contribution is -2.03. The average molecular weight is 307 g/mol. The van der Waals surface area contributed by atoms with Crippen molar-refractivity contribution in [2.24, 2.45) is 0 Å². The molecule has 0 saturated heterocycles. The van der Waals surface area contributed by atoms with Gasteiger partial charge >= 0.3 is 0 Å². The number of anilines is 1. The number of nitrogens with one attached hydrogen (secondary N) is 1. The Morgan fingerprint density at radius 3 is 2.90 bits per heavy atom. The standard InChI is InChI=1S/C14H15ClN4S/c1-9(2)19-14-10(5-18-19)3-12(6-17-14)16-7-13-4-11(15)8-20-13/h3-6,8-9,16H,7H2,1-2H3. The largest absolute Gasteiger partial charge is 0.379 e. The summed E-state index contributed by atoms with van der Waals surface area (Å²) in [6.07, 6.45) is 3.70. The predicted octanol–water partition coefficient (Wildman–Crippen LogP) is 4.34. The molecule has 3 heterocycles. The number of pyridine rings is 1. The molecule has 3 aromatic heterocycles. The summed E-state index contributed by atoms with van der Waals surface area (Å²) >= 11 is 7.56. The van der Waals surface area contributed by atoms with Gasteiger partial charge in [-0.05, 0) is 26.0 Å². The molecule has 0 aromatic carbocycles. The van der Waals surface area contributed by atoms with E-state index in [9.17, 15) is 0 Å². The molecule has 0 fully saturated rings. The first-order valence-electron chi connectivity index (χ1n) is 6.43. The van der Waals surface area contributed by atoms with Crippen LogP contribution in [-0.4, -0.2) is 14.8 Å². The van der Waals surface area contributed by atoms with Crippen molar-refractivity contribution in [1.82, 2.24) is 14.8 Å². The fraction of sp³-hybridized carbons (Fsp3) is 0.286. The van der Waals surface area contributed by atoms with Crippen LogP contribution in [0.2, 0.25) is 5.02 Å². The number of nitrogens with zero attached hydrogens (tertiary/aromatic N) is 3. The van der Waals surface area contributed by atoms with Crippen LogP contribution in [0.1, 0.15) is 24.8 Å². The number of thiophene rings is 1. The van der Waals surface area contributed by atoms with Gasteiger partial charge in [0.25, 0.3) is 0 Å². The minimum atomic E-state index is 0.312. The molecule has 4 nitrogen and oxygen atoms in total. The fourth-order valence-electron chi connectivity index (χ4n) is 2.05. The van der Waals surface area contributed by atoms with Crippen LogP contribution in [0.15, 0.2) is 29.9 Å². The number of halogens is 1. The van der Waals surface area contributed by atoms with Crippen LogP contribution in [0.3, 0.4) is 0 Å². The van der Waals surface area contributed by atoms with Crippen LogP contribution in [-0.2, 0) is 6.54 Å². The third kappa shape index (κ3) is 2.64. The van der Waals surface area contributed by atoms with E-state index >= 15 is 0 Å². The highest BCUT2D eigenvalue weighted by Gasteiger charge is 2.07. The summed E-state index contributed by atoms with van der Waals surface area (Å²) in [6, 6.07) is 4.36. The number of rotatable bonds is 4. The van der Waals surface area contributed by atoms with Crippen molar-refractivity contribution < 1.29 is 0 Å². The zero-order valence-electron chi connectivity index (χ0n) is 11.3.